The summed E-state index contributed by atoms with van der Waals surface area (Å²) in [5, 5.41) is 2.94. The van der Waals surface area contributed by atoms with Crippen molar-refractivity contribution in [2.24, 2.45) is 0 Å². The molecule has 0 bridgehead atoms. The summed E-state index contributed by atoms with van der Waals surface area (Å²) in [5.41, 5.74) is 5.68. The second-order valence-electron chi connectivity index (χ2n) is 6.11. The molecule has 1 N–H and O–H groups in total. The average Bonchev–Trinajstić information content (AvgIpc) is 2.51. The van der Waals surface area contributed by atoms with Crippen LogP contribution in [0.15, 0.2) is 36.4 Å². The Labute approximate surface area is 138 Å². The molecule has 0 spiro atoms. The van der Waals surface area contributed by atoms with Crippen LogP contribution in [0.1, 0.15) is 34.7 Å². The summed E-state index contributed by atoms with van der Waals surface area (Å²) in [6.45, 7) is 10.4. The van der Waals surface area contributed by atoms with E-state index in [0.29, 0.717) is 6.54 Å². The zero-order chi connectivity index (χ0) is 17.0. The fourth-order valence-corrected chi connectivity index (χ4v) is 2.50. The summed E-state index contributed by atoms with van der Waals surface area (Å²) < 4.78 is 5.88. The highest BCUT2D eigenvalue weighted by Crippen LogP contribution is 2.24. The number of ether oxygens (including phenoxy) is 1. The van der Waals surface area contributed by atoms with E-state index in [1.54, 1.807) is 6.92 Å². The van der Waals surface area contributed by atoms with Gasteiger partial charge in [0.25, 0.3) is 5.91 Å². The lowest BCUT2D eigenvalue weighted by molar-refractivity contribution is -0.127. The molecule has 0 aliphatic carbocycles. The Morgan fingerprint density at radius 3 is 2.48 bits per heavy atom. The first-order valence-corrected chi connectivity index (χ1v) is 7.95. The topological polar surface area (TPSA) is 38.3 Å². The first kappa shape index (κ1) is 17.1. The van der Waals surface area contributed by atoms with Crippen molar-refractivity contribution in [1.82, 2.24) is 5.32 Å². The van der Waals surface area contributed by atoms with Gasteiger partial charge in [-0.05, 0) is 68.5 Å². The summed E-state index contributed by atoms with van der Waals surface area (Å²) in [7, 11) is 0. The van der Waals surface area contributed by atoms with Crippen molar-refractivity contribution in [3.63, 3.8) is 0 Å². The van der Waals surface area contributed by atoms with E-state index in [1.807, 2.05) is 51.1 Å². The number of carbonyl (C=O) groups is 1. The van der Waals surface area contributed by atoms with Gasteiger partial charge in [0.2, 0.25) is 0 Å². The predicted molar refractivity (Wildman–Crippen MR) is 93.8 cm³/mol. The van der Waals surface area contributed by atoms with Crippen LogP contribution >= 0.6 is 0 Å². The van der Waals surface area contributed by atoms with Crippen LogP contribution < -0.4 is 10.1 Å². The fourth-order valence-electron chi connectivity index (χ4n) is 2.50. The van der Waals surface area contributed by atoms with Crippen LogP contribution in [0.2, 0.25) is 0 Å². The highest BCUT2D eigenvalue weighted by molar-refractivity contribution is 5.80. The van der Waals surface area contributed by atoms with Crippen LogP contribution in [-0.4, -0.2) is 12.0 Å². The molecule has 122 valence electrons. The molecule has 0 radical (unpaired) electrons. The van der Waals surface area contributed by atoms with E-state index in [9.17, 15) is 4.79 Å². The maximum Gasteiger partial charge on any atom is 0.261 e. The van der Waals surface area contributed by atoms with E-state index in [2.05, 4.69) is 18.3 Å². The molecule has 23 heavy (non-hydrogen) atoms. The SMILES string of the molecule is Cc1cc(C)c(C)c(O[C@H](C)C(=O)NCc2ccccc2C)c1. The van der Waals surface area contributed by atoms with Crippen molar-refractivity contribution in [2.75, 3.05) is 0 Å². The maximum atomic E-state index is 12.3. The zero-order valence-corrected chi connectivity index (χ0v) is 14.6. The summed E-state index contributed by atoms with van der Waals surface area (Å²) in [6.07, 6.45) is -0.529. The van der Waals surface area contributed by atoms with Gasteiger partial charge >= 0.3 is 0 Å². The third kappa shape index (κ3) is 4.35. The molecule has 0 aromatic heterocycles. The molecule has 3 nitrogen and oxygen atoms in total. The van der Waals surface area contributed by atoms with Crippen LogP contribution in [0.25, 0.3) is 0 Å². The average molecular weight is 311 g/mol. The molecule has 3 heteroatoms. The lowest BCUT2D eigenvalue weighted by Crippen LogP contribution is -2.36. The smallest absolute Gasteiger partial charge is 0.261 e. The highest BCUT2D eigenvalue weighted by Gasteiger charge is 2.16. The fraction of sp³-hybridized carbons (Fsp3) is 0.350. The Bertz CT molecular complexity index is 707. The van der Waals surface area contributed by atoms with Crippen LogP contribution in [0.4, 0.5) is 0 Å². The van der Waals surface area contributed by atoms with E-state index in [-0.39, 0.29) is 5.91 Å². The highest BCUT2D eigenvalue weighted by atomic mass is 16.5. The molecule has 2 aromatic rings. The van der Waals surface area contributed by atoms with Gasteiger partial charge in [0.05, 0.1) is 0 Å². The molecule has 0 aliphatic rings. The molecular weight excluding hydrogens is 286 g/mol. The van der Waals surface area contributed by atoms with Crippen LogP contribution in [-0.2, 0) is 11.3 Å². The second-order valence-corrected chi connectivity index (χ2v) is 6.11. The number of aryl methyl sites for hydroxylation is 3. The standard InChI is InChI=1S/C20H25NO2/c1-13-10-15(3)16(4)19(11-13)23-17(5)20(22)21-12-18-9-7-6-8-14(18)2/h6-11,17H,12H2,1-5H3,(H,21,22)/t17-/m1/s1. The van der Waals surface area contributed by atoms with E-state index in [0.717, 1.165) is 22.4 Å². The summed E-state index contributed by atoms with van der Waals surface area (Å²) in [5.74, 6) is 0.674. The number of carbonyl (C=O) groups excluding carboxylic acids is 1. The quantitative estimate of drug-likeness (QED) is 0.906. The normalized spacial score (nSPS) is 11.9. The Kier molecular flexibility index (Phi) is 5.43. The van der Waals surface area contributed by atoms with Gasteiger partial charge in [-0.25, -0.2) is 0 Å². The van der Waals surface area contributed by atoms with Gasteiger partial charge < -0.3 is 10.1 Å². The molecule has 1 amide bonds. The lowest BCUT2D eigenvalue weighted by atomic mass is 10.1. The Morgan fingerprint density at radius 2 is 1.78 bits per heavy atom. The van der Waals surface area contributed by atoms with Crippen molar-refractivity contribution >= 4 is 5.91 Å². The molecule has 2 rings (SSSR count). The Hall–Kier alpha value is -2.29. The second kappa shape index (κ2) is 7.32. The van der Waals surface area contributed by atoms with Crippen molar-refractivity contribution in [2.45, 2.75) is 47.3 Å². The zero-order valence-electron chi connectivity index (χ0n) is 14.6. The minimum atomic E-state index is -0.529. The van der Waals surface area contributed by atoms with Gasteiger partial charge in [-0.3, -0.25) is 4.79 Å². The van der Waals surface area contributed by atoms with E-state index < -0.39 is 6.10 Å². The van der Waals surface area contributed by atoms with Crippen molar-refractivity contribution in [3.8, 4) is 5.75 Å². The molecule has 0 aliphatic heterocycles. The van der Waals surface area contributed by atoms with E-state index in [4.69, 9.17) is 4.74 Å². The summed E-state index contributed by atoms with van der Waals surface area (Å²) in [6, 6.07) is 12.1. The van der Waals surface area contributed by atoms with Gasteiger partial charge in [-0.1, -0.05) is 30.3 Å². The largest absolute Gasteiger partial charge is 0.481 e. The molecule has 0 heterocycles. The molecule has 2 aromatic carbocycles. The Balaban J connectivity index is 1.99. The van der Waals surface area contributed by atoms with Crippen LogP contribution in [0.5, 0.6) is 5.75 Å². The molecule has 1 atom stereocenters. The molecule has 0 fully saturated rings. The number of hydrogen-bond acceptors (Lipinski definition) is 2. The first-order chi connectivity index (χ1) is 10.9. The number of nitrogens with one attached hydrogen (secondary N) is 1. The molecule has 0 unspecified atom stereocenters. The van der Waals surface area contributed by atoms with Crippen molar-refractivity contribution in [3.05, 3.63) is 64.2 Å². The summed E-state index contributed by atoms with van der Waals surface area (Å²) in [4.78, 5) is 12.3. The minimum absolute atomic E-state index is 0.105. The number of amides is 1. The minimum Gasteiger partial charge on any atom is -0.481 e. The van der Waals surface area contributed by atoms with Gasteiger partial charge in [-0.2, -0.15) is 0 Å². The predicted octanol–water partition coefficient (Wildman–Crippen LogP) is 4.00. The van der Waals surface area contributed by atoms with Gasteiger partial charge in [0.15, 0.2) is 6.10 Å². The third-order valence-electron chi connectivity index (χ3n) is 4.15. The molecular formula is C20H25NO2. The summed E-state index contributed by atoms with van der Waals surface area (Å²) >= 11 is 0. The van der Waals surface area contributed by atoms with Crippen LogP contribution in [0, 0.1) is 27.7 Å². The van der Waals surface area contributed by atoms with E-state index >= 15 is 0 Å². The first-order valence-electron chi connectivity index (χ1n) is 7.95. The monoisotopic (exact) mass is 311 g/mol. The van der Waals surface area contributed by atoms with Crippen LogP contribution in [0.3, 0.4) is 0 Å². The van der Waals surface area contributed by atoms with Crippen molar-refractivity contribution in [1.29, 1.82) is 0 Å². The molecule has 0 saturated heterocycles. The number of rotatable bonds is 5. The van der Waals surface area contributed by atoms with Gasteiger partial charge in [-0.15, -0.1) is 0 Å². The van der Waals surface area contributed by atoms with Gasteiger partial charge in [0, 0.05) is 6.54 Å². The molecule has 0 saturated carbocycles. The maximum absolute atomic E-state index is 12.3. The number of benzene rings is 2. The van der Waals surface area contributed by atoms with E-state index in [1.165, 1.54) is 11.1 Å². The van der Waals surface area contributed by atoms with Crippen molar-refractivity contribution < 1.29 is 9.53 Å². The Morgan fingerprint density at radius 1 is 1.09 bits per heavy atom. The number of hydrogen-bond donors (Lipinski definition) is 1. The third-order valence-corrected chi connectivity index (χ3v) is 4.15. The van der Waals surface area contributed by atoms with Gasteiger partial charge in [0.1, 0.15) is 5.75 Å². The lowest BCUT2D eigenvalue weighted by Gasteiger charge is -2.18.